The minimum Gasteiger partial charge on any atom is -0.494 e. The van der Waals surface area contributed by atoms with Gasteiger partial charge in [-0.15, -0.1) is 6.58 Å². The van der Waals surface area contributed by atoms with Crippen molar-refractivity contribution in [3.05, 3.63) is 73.3 Å². The van der Waals surface area contributed by atoms with Gasteiger partial charge in [-0.25, -0.2) is 0 Å². The lowest BCUT2D eigenvalue weighted by atomic mass is 10.3. The van der Waals surface area contributed by atoms with E-state index in [1.807, 2.05) is 67.6 Å². The maximum absolute atomic E-state index is 5.84. The van der Waals surface area contributed by atoms with Crippen molar-refractivity contribution < 1.29 is 13.3 Å². The molecule has 0 radical (unpaired) electrons. The third-order valence-electron chi connectivity index (χ3n) is 2.61. The van der Waals surface area contributed by atoms with Gasteiger partial charge in [0.2, 0.25) is 0 Å². The highest BCUT2D eigenvalue weighted by Crippen LogP contribution is 2.15. The van der Waals surface area contributed by atoms with Crippen molar-refractivity contribution in [2.45, 2.75) is 13.0 Å². The first-order chi connectivity index (χ1) is 9.78. The molecule has 3 nitrogen and oxygen atoms in total. The van der Waals surface area contributed by atoms with Crippen molar-refractivity contribution in [2.24, 2.45) is 0 Å². The third kappa shape index (κ3) is 4.57. The Kier molecular flexibility index (Phi) is 5.40. The Balaban J connectivity index is 2.06. The summed E-state index contributed by atoms with van der Waals surface area (Å²) in [5.41, 5.74) is 0. The Morgan fingerprint density at radius 2 is 1.35 bits per heavy atom. The van der Waals surface area contributed by atoms with E-state index in [0.717, 1.165) is 11.5 Å². The average molecular weight is 286 g/mol. The quantitative estimate of drug-likeness (QED) is 0.576. The lowest BCUT2D eigenvalue weighted by Gasteiger charge is -2.20. The van der Waals surface area contributed by atoms with Crippen LogP contribution >= 0.6 is 0 Å². The Morgan fingerprint density at radius 3 is 1.75 bits per heavy atom. The molecule has 0 aromatic heterocycles. The van der Waals surface area contributed by atoms with Gasteiger partial charge < -0.3 is 13.3 Å². The second-order valence-corrected chi connectivity index (χ2v) is 5.55. The van der Waals surface area contributed by atoms with Gasteiger partial charge in [0.1, 0.15) is 11.5 Å². The molecule has 0 heterocycles. The molecule has 1 unspecified atom stereocenters. The second-order valence-electron chi connectivity index (χ2n) is 4.23. The van der Waals surface area contributed by atoms with Crippen LogP contribution in [-0.2, 0) is 4.43 Å². The van der Waals surface area contributed by atoms with Gasteiger partial charge in [0, 0.05) is 0 Å². The molecule has 2 aromatic rings. The van der Waals surface area contributed by atoms with Crippen LogP contribution in [-0.4, -0.2) is 15.6 Å². The largest absolute Gasteiger partial charge is 0.616 e. The number of rotatable bonds is 7. The third-order valence-corrected chi connectivity index (χ3v) is 4.19. The molecule has 20 heavy (non-hydrogen) atoms. The summed E-state index contributed by atoms with van der Waals surface area (Å²) in [4.78, 5) is 0. The van der Waals surface area contributed by atoms with Crippen molar-refractivity contribution >= 4 is 9.53 Å². The van der Waals surface area contributed by atoms with E-state index in [0.29, 0.717) is 0 Å². The van der Waals surface area contributed by atoms with Crippen LogP contribution < -0.4 is 8.85 Å². The van der Waals surface area contributed by atoms with Gasteiger partial charge in [-0.3, -0.25) is 0 Å². The van der Waals surface area contributed by atoms with E-state index in [-0.39, 0.29) is 6.10 Å². The Bertz CT molecular complexity index is 474. The summed E-state index contributed by atoms with van der Waals surface area (Å²) in [6.07, 6.45) is 1.61. The van der Waals surface area contributed by atoms with E-state index in [9.17, 15) is 0 Å². The molecule has 0 saturated carbocycles. The highest BCUT2D eigenvalue weighted by molar-refractivity contribution is 6.38. The molecule has 0 aliphatic heterocycles. The molecule has 1 atom stereocenters. The summed E-state index contributed by atoms with van der Waals surface area (Å²) in [6.45, 7) is 5.63. The van der Waals surface area contributed by atoms with Crippen molar-refractivity contribution in [1.82, 2.24) is 0 Å². The molecule has 0 fully saturated rings. The molecule has 2 aromatic carbocycles. The predicted molar refractivity (Wildman–Crippen MR) is 82.0 cm³/mol. The summed E-state index contributed by atoms with van der Waals surface area (Å²) in [6, 6.07) is 19.1. The summed E-state index contributed by atoms with van der Waals surface area (Å²) in [7, 11) is -2.33. The maximum atomic E-state index is 5.84. The van der Waals surface area contributed by atoms with Crippen LogP contribution in [0.25, 0.3) is 0 Å². The minimum absolute atomic E-state index is 0.112. The normalized spacial score (nSPS) is 11.9. The molecule has 4 heteroatoms. The maximum Gasteiger partial charge on any atom is 0.616 e. The number of para-hydroxylation sites is 2. The first-order valence-corrected chi connectivity index (χ1v) is 7.91. The molecule has 0 amide bonds. The van der Waals surface area contributed by atoms with Gasteiger partial charge in [0.05, 0.1) is 6.10 Å². The highest BCUT2D eigenvalue weighted by Gasteiger charge is 2.22. The number of benzene rings is 2. The molecule has 0 aliphatic rings. The van der Waals surface area contributed by atoms with Gasteiger partial charge in [-0.2, -0.15) is 0 Å². The highest BCUT2D eigenvalue weighted by atomic mass is 28.3. The van der Waals surface area contributed by atoms with Crippen LogP contribution in [0.4, 0.5) is 0 Å². The summed E-state index contributed by atoms with van der Waals surface area (Å²) in [5, 5.41) is 0. The van der Waals surface area contributed by atoms with Gasteiger partial charge in [-0.05, 0) is 31.2 Å². The van der Waals surface area contributed by atoms with Gasteiger partial charge in [-0.1, -0.05) is 42.5 Å². The van der Waals surface area contributed by atoms with E-state index in [2.05, 4.69) is 6.58 Å². The Hall–Kier alpha value is -2.04. The molecule has 0 aliphatic carbocycles. The molecular weight excluding hydrogens is 268 g/mol. The first kappa shape index (κ1) is 14.4. The number of hydrogen-bond acceptors (Lipinski definition) is 3. The fourth-order valence-corrected chi connectivity index (χ4v) is 2.91. The molecular formula is C16H18O3Si. The van der Waals surface area contributed by atoms with E-state index in [1.165, 1.54) is 0 Å². The van der Waals surface area contributed by atoms with Crippen LogP contribution in [0.3, 0.4) is 0 Å². The second kappa shape index (κ2) is 7.52. The van der Waals surface area contributed by atoms with Crippen LogP contribution in [0.1, 0.15) is 6.92 Å². The fourth-order valence-electron chi connectivity index (χ4n) is 1.53. The zero-order valence-corrected chi connectivity index (χ0v) is 12.6. The zero-order chi connectivity index (χ0) is 14.2. The van der Waals surface area contributed by atoms with Crippen LogP contribution in [0.5, 0.6) is 11.5 Å². The van der Waals surface area contributed by atoms with E-state index >= 15 is 0 Å². The van der Waals surface area contributed by atoms with E-state index in [4.69, 9.17) is 13.3 Å². The standard InChI is InChI=1S/C16H18O3Si/c1-3-14(2)17-20(18-15-10-6-4-7-11-15)19-16-12-8-5-9-13-16/h3-14,20H,1H2,2H3. The van der Waals surface area contributed by atoms with Crippen molar-refractivity contribution in [3.63, 3.8) is 0 Å². The summed E-state index contributed by atoms with van der Waals surface area (Å²) in [5.74, 6) is 1.49. The topological polar surface area (TPSA) is 27.7 Å². The van der Waals surface area contributed by atoms with Crippen molar-refractivity contribution in [3.8, 4) is 11.5 Å². The lowest BCUT2D eigenvalue weighted by molar-refractivity contribution is 0.171. The van der Waals surface area contributed by atoms with Crippen LogP contribution in [0, 0.1) is 0 Å². The van der Waals surface area contributed by atoms with Crippen molar-refractivity contribution in [2.75, 3.05) is 0 Å². The fraction of sp³-hybridized carbons (Fsp3) is 0.125. The molecule has 0 spiro atoms. The number of hydrogen-bond donors (Lipinski definition) is 0. The monoisotopic (exact) mass is 286 g/mol. The molecule has 0 bridgehead atoms. The Morgan fingerprint density at radius 1 is 0.900 bits per heavy atom. The molecule has 104 valence electrons. The summed E-state index contributed by atoms with van der Waals surface area (Å²) < 4.78 is 17.5. The smallest absolute Gasteiger partial charge is 0.494 e. The zero-order valence-electron chi connectivity index (χ0n) is 11.4. The van der Waals surface area contributed by atoms with E-state index < -0.39 is 9.53 Å². The van der Waals surface area contributed by atoms with Crippen molar-refractivity contribution in [1.29, 1.82) is 0 Å². The molecule has 0 N–H and O–H groups in total. The molecule has 2 rings (SSSR count). The SMILES string of the molecule is C=CC(C)O[SiH](Oc1ccccc1)Oc1ccccc1. The van der Waals surface area contributed by atoms with Gasteiger partial charge >= 0.3 is 9.53 Å². The first-order valence-electron chi connectivity index (χ1n) is 6.49. The van der Waals surface area contributed by atoms with Crippen LogP contribution in [0.2, 0.25) is 0 Å². The molecule has 0 saturated heterocycles. The van der Waals surface area contributed by atoms with E-state index in [1.54, 1.807) is 6.08 Å². The average Bonchev–Trinajstić information content (AvgIpc) is 2.49. The minimum atomic E-state index is -2.33. The van der Waals surface area contributed by atoms with Gasteiger partial charge in [0.25, 0.3) is 0 Å². The predicted octanol–water partition coefficient (Wildman–Crippen LogP) is 3.45. The lowest BCUT2D eigenvalue weighted by Crippen LogP contribution is -2.36. The summed E-state index contributed by atoms with van der Waals surface area (Å²) >= 11 is 0. The Labute approximate surface area is 121 Å². The van der Waals surface area contributed by atoms with Crippen LogP contribution in [0.15, 0.2) is 73.3 Å². The van der Waals surface area contributed by atoms with Gasteiger partial charge in [0.15, 0.2) is 0 Å².